The summed E-state index contributed by atoms with van der Waals surface area (Å²) >= 11 is 0. The van der Waals surface area contributed by atoms with E-state index in [4.69, 9.17) is 0 Å². The van der Waals surface area contributed by atoms with E-state index in [-0.39, 0.29) is 0 Å². The summed E-state index contributed by atoms with van der Waals surface area (Å²) in [5, 5.41) is 0. The third kappa shape index (κ3) is 2.46. The molecule has 0 atom stereocenters. The number of hydrogen-bond acceptors (Lipinski definition) is 2. The number of alkyl halides is 2. The van der Waals surface area contributed by atoms with Gasteiger partial charge in [-0.25, -0.2) is 5.43 Å². The second kappa shape index (κ2) is 3.31. The Morgan fingerprint density at radius 1 is 1.62 bits per heavy atom. The van der Waals surface area contributed by atoms with Crippen molar-refractivity contribution in [3.05, 3.63) is 0 Å². The minimum atomic E-state index is -2.94. The largest absolute Gasteiger partial charge is 0.316 e. The van der Waals surface area contributed by atoms with Crippen LogP contribution in [0.4, 0.5) is 8.78 Å². The monoisotopic (exact) mass is 124 g/mol. The quantitative estimate of drug-likeness (QED) is 0.487. The molecule has 0 aromatic carbocycles. The van der Waals surface area contributed by atoms with Crippen molar-refractivity contribution in [3.63, 3.8) is 0 Å². The van der Waals surface area contributed by atoms with Gasteiger partial charge in [-0.2, -0.15) is 8.78 Å². The molecule has 0 fully saturated rings. The Kier molecular flexibility index (Phi) is 3.02. The van der Waals surface area contributed by atoms with Gasteiger partial charge in [0.25, 0.3) is 0 Å². The molecular weight excluding hydrogens is 118 g/mol. The maximum atomic E-state index is 11.2. The highest BCUT2D eigenvalue weighted by Gasteiger charge is 2.12. The lowest BCUT2D eigenvalue weighted by molar-refractivity contribution is -0.132. The molecule has 8 heavy (non-hydrogen) atoms. The summed E-state index contributed by atoms with van der Waals surface area (Å²) in [6.07, 6.45) is -2.94. The zero-order valence-corrected chi connectivity index (χ0v) is 4.24. The number of halogens is 2. The lowest BCUT2D eigenvalue weighted by atomic mass is 10.7. The molecule has 0 bridgehead atoms. The van der Waals surface area contributed by atoms with Gasteiger partial charge in [-0.3, -0.25) is 10.2 Å². The molecule has 48 valence electrons. The highest BCUT2D eigenvalue weighted by atomic mass is 19.3. The molecule has 1 amide bonds. The average molecular weight is 124 g/mol. The Morgan fingerprint density at radius 3 is 2.25 bits per heavy atom. The van der Waals surface area contributed by atoms with Crippen molar-refractivity contribution in [1.29, 1.82) is 0 Å². The SMILES string of the molecule is CNNC(=O)C(F)F. The normalized spacial score (nSPS) is 9.50. The molecule has 0 saturated carbocycles. The standard InChI is InChI=1S/C3H6F2N2O/c1-6-7-3(8)2(4)5/h2,6H,1H3,(H,7,8). The van der Waals surface area contributed by atoms with Crippen LogP contribution >= 0.6 is 0 Å². The summed E-state index contributed by atoms with van der Waals surface area (Å²) in [7, 11) is 1.33. The van der Waals surface area contributed by atoms with Gasteiger partial charge in [0, 0.05) is 7.05 Å². The minimum Gasteiger partial charge on any atom is -0.287 e. The van der Waals surface area contributed by atoms with Crippen LogP contribution in [0.15, 0.2) is 0 Å². The summed E-state index contributed by atoms with van der Waals surface area (Å²) in [5.41, 5.74) is 3.78. The number of carbonyl (C=O) groups excluding carboxylic acids is 1. The molecule has 0 aromatic rings. The highest BCUT2D eigenvalue weighted by Crippen LogP contribution is 1.88. The molecule has 0 aliphatic rings. The van der Waals surface area contributed by atoms with Crippen molar-refractivity contribution < 1.29 is 13.6 Å². The van der Waals surface area contributed by atoms with Gasteiger partial charge < -0.3 is 0 Å². The fraction of sp³-hybridized carbons (Fsp3) is 0.667. The zero-order valence-electron chi connectivity index (χ0n) is 4.24. The molecular formula is C3H6F2N2O. The van der Waals surface area contributed by atoms with E-state index in [0.717, 1.165) is 0 Å². The second-order valence-electron chi connectivity index (χ2n) is 1.04. The maximum Gasteiger partial charge on any atom is 0.316 e. The predicted octanol–water partition coefficient (Wildman–Crippen LogP) is -0.498. The molecule has 3 nitrogen and oxygen atoms in total. The number of carbonyl (C=O) groups is 1. The third-order valence-corrected chi connectivity index (χ3v) is 0.446. The first-order chi connectivity index (χ1) is 3.68. The van der Waals surface area contributed by atoms with Gasteiger partial charge in [-0.1, -0.05) is 0 Å². The van der Waals surface area contributed by atoms with Crippen LogP contribution in [-0.2, 0) is 4.79 Å². The summed E-state index contributed by atoms with van der Waals surface area (Å²) in [6.45, 7) is 0. The van der Waals surface area contributed by atoms with E-state index in [1.165, 1.54) is 7.05 Å². The molecule has 0 radical (unpaired) electrons. The van der Waals surface area contributed by atoms with Gasteiger partial charge >= 0.3 is 12.3 Å². The molecule has 0 heterocycles. The lowest BCUT2D eigenvalue weighted by Gasteiger charge is -1.98. The van der Waals surface area contributed by atoms with Crippen molar-refractivity contribution >= 4 is 5.91 Å². The first kappa shape index (κ1) is 7.29. The Labute approximate surface area is 45.0 Å². The van der Waals surface area contributed by atoms with Gasteiger partial charge in [0.05, 0.1) is 0 Å². The fourth-order valence-corrected chi connectivity index (χ4v) is 0.178. The van der Waals surface area contributed by atoms with Crippen LogP contribution in [0.25, 0.3) is 0 Å². The topological polar surface area (TPSA) is 41.1 Å². The Bertz CT molecular complexity index is 85.4. The lowest BCUT2D eigenvalue weighted by Crippen LogP contribution is -2.38. The molecule has 0 unspecified atom stereocenters. The Balaban J connectivity index is 3.33. The van der Waals surface area contributed by atoms with Gasteiger partial charge in [-0.15, -0.1) is 0 Å². The summed E-state index contributed by atoms with van der Waals surface area (Å²) in [4.78, 5) is 9.82. The van der Waals surface area contributed by atoms with E-state index in [2.05, 4.69) is 5.43 Å². The summed E-state index contributed by atoms with van der Waals surface area (Å²) in [6, 6.07) is 0. The molecule has 2 N–H and O–H groups in total. The van der Waals surface area contributed by atoms with Crippen LogP contribution < -0.4 is 10.9 Å². The van der Waals surface area contributed by atoms with E-state index < -0.39 is 12.3 Å². The van der Waals surface area contributed by atoms with Crippen molar-refractivity contribution in [1.82, 2.24) is 10.9 Å². The van der Waals surface area contributed by atoms with Gasteiger partial charge in [0.15, 0.2) is 0 Å². The van der Waals surface area contributed by atoms with E-state index in [0.29, 0.717) is 0 Å². The van der Waals surface area contributed by atoms with E-state index in [1.807, 2.05) is 0 Å². The van der Waals surface area contributed by atoms with Crippen LogP contribution in [0.2, 0.25) is 0 Å². The average Bonchev–Trinajstić information content (AvgIpc) is 1.67. The van der Waals surface area contributed by atoms with Crippen LogP contribution in [-0.4, -0.2) is 19.4 Å². The van der Waals surface area contributed by atoms with Gasteiger partial charge in [0.1, 0.15) is 0 Å². The van der Waals surface area contributed by atoms with Gasteiger partial charge in [-0.05, 0) is 0 Å². The highest BCUT2D eigenvalue weighted by molar-refractivity contribution is 5.78. The van der Waals surface area contributed by atoms with E-state index in [9.17, 15) is 13.6 Å². The molecule has 0 saturated heterocycles. The maximum absolute atomic E-state index is 11.2. The molecule has 0 aliphatic carbocycles. The number of rotatable bonds is 2. The third-order valence-electron chi connectivity index (χ3n) is 0.446. The smallest absolute Gasteiger partial charge is 0.287 e. The number of amides is 1. The van der Waals surface area contributed by atoms with Crippen molar-refractivity contribution in [2.45, 2.75) is 6.43 Å². The molecule has 0 aromatic heterocycles. The summed E-state index contributed by atoms with van der Waals surface area (Å²) < 4.78 is 22.3. The van der Waals surface area contributed by atoms with E-state index in [1.54, 1.807) is 5.43 Å². The Morgan fingerprint density at radius 2 is 2.12 bits per heavy atom. The number of hydrazine groups is 1. The summed E-state index contributed by atoms with van der Waals surface area (Å²) in [5.74, 6) is -1.31. The molecule has 0 spiro atoms. The second-order valence-corrected chi connectivity index (χ2v) is 1.04. The van der Waals surface area contributed by atoms with Crippen molar-refractivity contribution in [3.8, 4) is 0 Å². The molecule has 5 heteroatoms. The first-order valence-electron chi connectivity index (χ1n) is 1.93. The predicted molar refractivity (Wildman–Crippen MR) is 23.2 cm³/mol. The number of nitrogens with one attached hydrogen (secondary N) is 2. The fourth-order valence-electron chi connectivity index (χ4n) is 0.178. The number of hydrogen-bond donors (Lipinski definition) is 2. The Hall–Kier alpha value is -0.710. The van der Waals surface area contributed by atoms with Crippen molar-refractivity contribution in [2.75, 3.05) is 7.05 Å². The minimum absolute atomic E-state index is 1.31. The van der Waals surface area contributed by atoms with Crippen LogP contribution in [0, 0.1) is 0 Å². The van der Waals surface area contributed by atoms with Crippen LogP contribution in [0.5, 0.6) is 0 Å². The van der Waals surface area contributed by atoms with Crippen molar-refractivity contribution in [2.24, 2.45) is 0 Å². The zero-order chi connectivity index (χ0) is 6.57. The van der Waals surface area contributed by atoms with Crippen LogP contribution in [0.1, 0.15) is 0 Å². The molecule has 0 rings (SSSR count). The van der Waals surface area contributed by atoms with Crippen LogP contribution in [0.3, 0.4) is 0 Å². The first-order valence-corrected chi connectivity index (χ1v) is 1.93. The molecule has 0 aliphatic heterocycles. The van der Waals surface area contributed by atoms with E-state index >= 15 is 0 Å². The van der Waals surface area contributed by atoms with Gasteiger partial charge in [0.2, 0.25) is 0 Å².